The highest BCUT2D eigenvalue weighted by atomic mass is 16.3. The molecule has 0 aliphatic carbocycles. The van der Waals surface area contributed by atoms with Gasteiger partial charge in [0.05, 0.1) is 6.26 Å². The van der Waals surface area contributed by atoms with Crippen molar-refractivity contribution >= 4 is 11.0 Å². The zero-order chi connectivity index (χ0) is 11.5. The molecule has 1 N–H and O–H groups in total. The number of benzene rings is 1. The summed E-state index contributed by atoms with van der Waals surface area (Å²) in [4.78, 5) is 0. The maximum Gasteiger partial charge on any atom is 0.137 e. The van der Waals surface area contributed by atoms with Gasteiger partial charge in [-0.1, -0.05) is 13.0 Å². The monoisotopic (exact) mass is 217 g/mol. The number of aryl methyl sites for hydroxylation is 2. The van der Waals surface area contributed by atoms with Crippen LogP contribution in [0.5, 0.6) is 0 Å². The normalized spacial score (nSPS) is 11.2. The fourth-order valence-electron chi connectivity index (χ4n) is 2.08. The number of fused-ring (bicyclic) bond motifs is 1. The van der Waals surface area contributed by atoms with E-state index < -0.39 is 0 Å². The molecule has 0 aliphatic heterocycles. The highest BCUT2D eigenvalue weighted by Gasteiger charge is 2.08. The Morgan fingerprint density at radius 3 is 2.81 bits per heavy atom. The molecule has 0 aliphatic rings. The van der Waals surface area contributed by atoms with Gasteiger partial charge in [0.1, 0.15) is 5.58 Å². The minimum atomic E-state index is 0.893. The Morgan fingerprint density at radius 2 is 2.06 bits per heavy atom. The summed E-state index contributed by atoms with van der Waals surface area (Å²) >= 11 is 0. The predicted molar refractivity (Wildman–Crippen MR) is 67.7 cm³/mol. The molecule has 2 nitrogen and oxygen atoms in total. The van der Waals surface area contributed by atoms with E-state index in [-0.39, 0.29) is 0 Å². The summed E-state index contributed by atoms with van der Waals surface area (Å²) in [6.45, 7) is 8.35. The lowest BCUT2D eigenvalue weighted by Crippen LogP contribution is -2.13. The Labute approximate surface area is 96.6 Å². The first-order valence-electron chi connectivity index (χ1n) is 5.90. The van der Waals surface area contributed by atoms with Crippen molar-refractivity contribution < 1.29 is 4.42 Å². The molecule has 2 aromatic rings. The summed E-state index contributed by atoms with van der Waals surface area (Å²) < 4.78 is 5.63. The molecule has 1 heterocycles. The number of hydrogen-bond acceptors (Lipinski definition) is 2. The van der Waals surface area contributed by atoms with Crippen LogP contribution in [0, 0.1) is 13.8 Å². The van der Waals surface area contributed by atoms with Crippen LogP contribution in [-0.4, -0.2) is 6.54 Å². The maximum absolute atomic E-state index is 5.63. The van der Waals surface area contributed by atoms with Crippen LogP contribution in [-0.2, 0) is 6.54 Å². The number of furan rings is 1. The van der Waals surface area contributed by atoms with Gasteiger partial charge in [-0.25, -0.2) is 0 Å². The molecule has 0 atom stereocenters. The van der Waals surface area contributed by atoms with Gasteiger partial charge in [-0.2, -0.15) is 0 Å². The van der Waals surface area contributed by atoms with Crippen molar-refractivity contribution in [3.8, 4) is 0 Å². The molecule has 2 heteroatoms. The molecule has 0 spiro atoms. The molecule has 0 saturated heterocycles. The van der Waals surface area contributed by atoms with Crippen molar-refractivity contribution in [1.82, 2.24) is 5.32 Å². The Hall–Kier alpha value is -1.28. The first-order chi connectivity index (χ1) is 7.72. The van der Waals surface area contributed by atoms with Crippen LogP contribution in [0.2, 0.25) is 0 Å². The lowest BCUT2D eigenvalue weighted by atomic mass is 10.1. The van der Waals surface area contributed by atoms with Crippen LogP contribution < -0.4 is 5.32 Å². The molecule has 0 fully saturated rings. The largest absolute Gasteiger partial charge is 0.464 e. The molecule has 0 radical (unpaired) electrons. The molecule has 2 rings (SSSR count). The Kier molecular flexibility index (Phi) is 3.30. The minimum Gasteiger partial charge on any atom is -0.464 e. The molecule has 1 aromatic carbocycles. The second-order valence-electron chi connectivity index (χ2n) is 4.40. The van der Waals surface area contributed by atoms with Gasteiger partial charge in [-0.3, -0.25) is 0 Å². The second kappa shape index (κ2) is 4.71. The van der Waals surface area contributed by atoms with E-state index in [1.165, 1.54) is 22.1 Å². The zero-order valence-electron chi connectivity index (χ0n) is 10.3. The average Bonchev–Trinajstić information content (AvgIpc) is 2.62. The maximum atomic E-state index is 5.63. The standard InChI is InChI=1S/C14H19NO/c1-4-5-15-8-12-9-16-14-11(3)6-10(2)7-13(12)14/h6-7,9,15H,4-5,8H2,1-3H3. The second-order valence-corrected chi connectivity index (χ2v) is 4.40. The van der Waals surface area contributed by atoms with Crippen LogP contribution in [0.25, 0.3) is 11.0 Å². The van der Waals surface area contributed by atoms with E-state index in [4.69, 9.17) is 4.42 Å². The summed E-state index contributed by atoms with van der Waals surface area (Å²) in [5, 5.41) is 4.66. The van der Waals surface area contributed by atoms with Crippen LogP contribution in [0.3, 0.4) is 0 Å². The smallest absolute Gasteiger partial charge is 0.137 e. The first-order valence-corrected chi connectivity index (χ1v) is 5.90. The quantitative estimate of drug-likeness (QED) is 0.792. The molecule has 0 saturated carbocycles. The minimum absolute atomic E-state index is 0.893. The Balaban J connectivity index is 2.32. The van der Waals surface area contributed by atoms with Gasteiger partial charge in [0.15, 0.2) is 0 Å². The highest BCUT2D eigenvalue weighted by molar-refractivity contribution is 5.84. The molecular weight excluding hydrogens is 198 g/mol. The van der Waals surface area contributed by atoms with Crippen molar-refractivity contribution in [2.45, 2.75) is 33.7 Å². The fourth-order valence-corrected chi connectivity index (χ4v) is 2.08. The predicted octanol–water partition coefficient (Wildman–Crippen LogP) is 3.55. The topological polar surface area (TPSA) is 25.2 Å². The molecule has 0 bridgehead atoms. The lowest BCUT2D eigenvalue weighted by molar-refractivity contribution is 0.599. The van der Waals surface area contributed by atoms with E-state index in [1.54, 1.807) is 0 Å². The summed E-state index contributed by atoms with van der Waals surface area (Å²) in [6, 6.07) is 4.36. The van der Waals surface area contributed by atoms with Crippen molar-refractivity contribution in [1.29, 1.82) is 0 Å². The average molecular weight is 217 g/mol. The van der Waals surface area contributed by atoms with Gasteiger partial charge in [0, 0.05) is 17.5 Å². The fraction of sp³-hybridized carbons (Fsp3) is 0.429. The molecule has 16 heavy (non-hydrogen) atoms. The third-order valence-corrected chi connectivity index (χ3v) is 2.83. The van der Waals surface area contributed by atoms with Crippen molar-refractivity contribution in [2.75, 3.05) is 6.54 Å². The van der Waals surface area contributed by atoms with E-state index in [2.05, 4.69) is 38.2 Å². The van der Waals surface area contributed by atoms with Crippen LogP contribution in [0.4, 0.5) is 0 Å². The summed E-state index contributed by atoms with van der Waals surface area (Å²) in [6.07, 6.45) is 3.04. The zero-order valence-corrected chi connectivity index (χ0v) is 10.3. The summed E-state index contributed by atoms with van der Waals surface area (Å²) in [5.74, 6) is 0. The van der Waals surface area contributed by atoms with Gasteiger partial charge in [-0.05, 0) is 44.0 Å². The van der Waals surface area contributed by atoms with E-state index in [9.17, 15) is 0 Å². The Bertz CT molecular complexity index is 485. The molecule has 0 unspecified atom stereocenters. The highest BCUT2D eigenvalue weighted by Crippen LogP contribution is 2.25. The number of hydrogen-bond donors (Lipinski definition) is 1. The molecule has 86 valence electrons. The van der Waals surface area contributed by atoms with Crippen molar-refractivity contribution in [3.05, 3.63) is 35.1 Å². The van der Waals surface area contributed by atoms with Crippen LogP contribution in [0.15, 0.2) is 22.8 Å². The Morgan fingerprint density at radius 1 is 1.25 bits per heavy atom. The lowest BCUT2D eigenvalue weighted by Gasteiger charge is -2.02. The van der Waals surface area contributed by atoms with Crippen LogP contribution >= 0.6 is 0 Å². The van der Waals surface area contributed by atoms with Crippen LogP contribution in [0.1, 0.15) is 30.0 Å². The van der Waals surface area contributed by atoms with Crippen molar-refractivity contribution in [2.24, 2.45) is 0 Å². The summed E-state index contributed by atoms with van der Waals surface area (Å²) in [7, 11) is 0. The van der Waals surface area contributed by atoms with E-state index in [0.29, 0.717) is 0 Å². The van der Waals surface area contributed by atoms with E-state index in [1.807, 2.05) is 6.26 Å². The summed E-state index contributed by atoms with van der Waals surface area (Å²) in [5.41, 5.74) is 4.80. The number of nitrogens with one attached hydrogen (secondary N) is 1. The van der Waals surface area contributed by atoms with Gasteiger partial charge in [0.2, 0.25) is 0 Å². The van der Waals surface area contributed by atoms with Gasteiger partial charge >= 0.3 is 0 Å². The third-order valence-electron chi connectivity index (χ3n) is 2.83. The first kappa shape index (κ1) is 11.2. The molecule has 1 aromatic heterocycles. The third kappa shape index (κ3) is 2.12. The van der Waals surface area contributed by atoms with Gasteiger partial charge in [0.25, 0.3) is 0 Å². The van der Waals surface area contributed by atoms with E-state index in [0.717, 1.165) is 25.1 Å². The number of rotatable bonds is 4. The van der Waals surface area contributed by atoms with Gasteiger partial charge < -0.3 is 9.73 Å². The SMILES string of the molecule is CCCNCc1coc2c(C)cc(C)cc12. The molecule has 0 amide bonds. The van der Waals surface area contributed by atoms with Gasteiger partial charge in [-0.15, -0.1) is 0 Å². The molecular formula is C14H19NO. The van der Waals surface area contributed by atoms with E-state index >= 15 is 0 Å². The van der Waals surface area contributed by atoms with Crippen molar-refractivity contribution in [3.63, 3.8) is 0 Å².